The van der Waals surface area contributed by atoms with E-state index in [0.29, 0.717) is 6.42 Å². The molecule has 0 radical (unpaired) electrons. The largest absolute Gasteiger partial charge is 0.312 e. The van der Waals surface area contributed by atoms with Crippen molar-refractivity contribution in [1.29, 1.82) is 0 Å². The molecule has 1 N–H and O–H groups in total. The standard InChI is InChI=1S/C16H24N2O/c1-6-17-14-8-15(19)18(9-14)16-12(4)10(2)7-11(3)13(16)5/h7,14,17H,6,8-9H2,1-5H3. The Morgan fingerprint density at radius 1 is 1.21 bits per heavy atom. The van der Waals surface area contributed by atoms with Crippen molar-refractivity contribution in [2.45, 2.75) is 47.1 Å². The van der Waals surface area contributed by atoms with E-state index in [2.05, 4.69) is 46.0 Å². The summed E-state index contributed by atoms with van der Waals surface area (Å²) >= 11 is 0. The Balaban J connectivity index is 2.40. The first-order valence-electron chi connectivity index (χ1n) is 7.06. The molecule has 1 aromatic rings. The summed E-state index contributed by atoms with van der Waals surface area (Å²) in [5, 5.41) is 3.38. The van der Waals surface area contributed by atoms with E-state index in [-0.39, 0.29) is 11.9 Å². The molecule has 0 saturated carbocycles. The lowest BCUT2D eigenvalue weighted by Gasteiger charge is -2.24. The molecule has 19 heavy (non-hydrogen) atoms. The first-order valence-corrected chi connectivity index (χ1v) is 7.06. The van der Waals surface area contributed by atoms with Gasteiger partial charge in [0.2, 0.25) is 5.91 Å². The minimum absolute atomic E-state index is 0.238. The lowest BCUT2D eigenvalue weighted by atomic mass is 9.98. The maximum Gasteiger partial charge on any atom is 0.228 e. The van der Waals surface area contributed by atoms with Crippen LogP contribution in [-0.2, 0) is 4.79 Å². The fraction of sp³-hybridized carbons (Fsp3) is 0.562. The van der Waals surface area contributed by atoms with Crippen molar-refractivity contribution in [3.63, 3.8) is 0 Å². The van der Waals surface area contributed by atoms with Crippen molar-refractivity contribution < 1.29 is 4.79 Å². The maximum absolute atomic E-state index is 12.3. The first-order chi connectivity index (χ1) is 8.95. The van der Waals surface area contributed by atoms with E-state index < -0.39 is 0 Å². The molecular weight excluding hydrogens is 236 g/mol. The average Bonchev–Trinajstić information content (AvgIpc) is 2.69. The number of benzene rings is 1. The molecule has 1 fully saturated rings. The van der Waals surface area contributed by atoms with E-state index in [1.807, 2.05) is 4.90 Å². The van der Waals surface area contributed by atoms with Crippen LogP contribution in [0.15, 0.2) is 6.07 Å². The summed E-state index contributed by atoms with van der Waals surface area (Å²) in [6, 6.07) is 2.49. The Morgan fingerprint density at radius 2 is 1.79 bits per heavy atom. The van der Waals surface area contributed by atoms with E-state index in [0.717, 1.165) is 18.8 Å². The predicted molar refractivity (Wildman–Crippen MR) is 79.8 cm³/mol. The van der Waals surface area contributed by atoms with Gasteiger partial charge in [0.15, 0.2) is 0 Å². The van der Waals surface area contributed by atoms with Gasteiger partial charge in [-0.25, -0.2) is 0 Å². The normalized spacial score (nSPS) is 19.3. The van der Waals surface area contributed by atoms with E-state index in [1.165, 1.54) is 22.3 Å². The van der Waals surface area contributed by atoms with Crippen LogP contribution in [0.3, 0.4) is 0 Å². The van der Waals surface area contributed by atoms with Crippen LogP contribution >= 0.6 is 0 Å². The third-order valence-electron chi connectivity index (χ3n) is 4.21. The monoisotopic (exact) mass is 260 g/mol. The predicted octanol–water partition coefficient (Wildman–Crippen LogP) is 2.64. The van der Waals surface area contributed by atoms with Gasteiger partial charge in [-0.2, -0.15) is 0 Å². The summed E-state index contributed by atoms with van der Waals surface area (Å²) in [7, 11) is 0. The van der Waals surface area contributed by atoms with Crippen molar-refractivity contribution in [2.24, 2.45) is 0 Å². The quantitative estimate of drug-likeness (QED) is 0.906. The first kappa shape index (κ1) is 14.1. The molecule has 1 unspecified atom stereocenters. The van der Waals surface area contributed by atoms with Gasteiger partial charge in [-0.3, -0.25) is 4.79 Å². The molecule has 3 nitrogen and oxygen atoms in total. The number of amides is 1. The third kappa shape index (κ3) is 2.52. The molecule has 104 valence electrons. The molecule has 1 saturated heterocycles. The van der Waals surface area contributed by atoms with Crippen molar-refractivity contribution in [3.05, 3.63) is 28.3 Å². The topological polar surface area (TPSA) is 32.3 Å². The molecule has 2 rings (SSSR count). The molecule has 1 atom stereocenters. The zero-order valence-electron chi connectivity index (χ0n) is 12.6. The summed E-state index contributed by atoms with van der Waals surface area (Å²) in [5.41, 5.74) is 6.11. The summed E-state index contributed by atoms with van der Waals surface area (Å²) in [6.07, 6.45) is 0.611. The van der Waals surface area contributed by atoms with Crippen LogP contribution in [0, 0.1) is 27.7 Å². The number of nitrogens with zero attached hydrogens (tertiary/aromatic N) is 1. The fourth-order valence-electron chi connectivity index (χ4n) is 2.95. The Morgan fingerprint density at radius 3 is 2.32 bits per heavy atom. The van der Waals surface area contributed by atoms with Crippen molar-refractivity contribution >= 4 is 11.6 Å². The van der Waals surface area contributed by atoms with Crippen LogP contribution < -0.4 is 10.2 Å². The number of likely N-dealkylation sites (N-methyl/N-ethyl adjacent to an activating group) is 1. The van der Waals surface area contributed by atoms with Gasteiger partial charge in [0.25, 0.3) is 0 Å². The molecule has 0 spiro atoms. The number of aryl methyl sites for hydroxylation is 2. The molecule has 1 amide bonds. The smallest absolute Gasteiger partial charge is 0.228 e. The molecule has 1 aliphatic rings. The number of carbonyl (C=O) groups is 1. The summed E-state index contributed by atoms with van der Waals surface area (Å²) < 4.78 is 0. The number of nitrogens with one attached hydrogen (secondary N) is 1. The highest BCUT2D eigenvalue weighted by Gasteiger charge is 2.32. The Hall–Kier alpha value is -1.35. The summed E-state index contributed by atoms with van der Waals surface area (Å²) in [4.78, 5) is 14.2. The summed E-state index contributed by atoms with van der Waals surface area (Å²) in [6.45, 7) is 12.3. The van der Waals surface area contributed by atoms with Crippen LogP contribution in [0.4, 0.5) is 5.69 Å². The van der Waals surface area contributed by atoms with Crippen LogP contribution in [-0.4, -0.2) is 25.0 Å². The van der Waals surface area contributed by atoms with Gasteiger partial charge in [0, 0.05) is 19.0 Å². The lowest BCUT2D eigenvalue weighted by Crippen LogP contribution is -2.33. The van der Waals surface area contributed by atoms with Crippen LogP contribution in [0.2, 0.25) is 0 Å². The van der Waals surface area contributed by atoms with Gasteiger partial charge in [-0.1, -0.05) is 13.0 Å². The highest BCUT2D eigenvalue weighted by molar-refractivity contribution is 5.98. The van der Waals surface area contributed by atoms with Gasteiger partial charge in [0.05, 0.1) is 5.69 Å². The number of hydrogen-bond acceptors (Lipinski definition) is 2. The number of carbonyl (C=O) groups excluding carboxylic acids is 1. The van der Waals surface area contributed by atoms with E-state index in [4.69, 9.17) is 0 Å². The number of hydrogen-bond donors (Lipinski definition) is 1. The SMILES string of the molecule is CCNC1CC(=O)N(c2c(C)c(C)cc(C)c2C)C1. The summed E-state index contributed by atoms with van der Waals surface area (Å²) in [5.74, 6) is 0.238. The highest BCUT2D eigenvalue weighted by Crippen LogP contribution is 2.32. The molecule has 1 heterocycles. The van der Waals surface area contributed by atoms with Gasteiger partial charge in [0.1, 0.15) is 0 Å². The minimum atomic E-state index is 0.238. The van der Waals surface area contributed by atoms with Crippen LogP contribution in [0.25, 0.3) is 0 Å². The average molecular weight is 260 g/mol. The van der Waals surface area contributed by atoms with Crippen LogP contribution in [0.5, 0.6) is 0 Å². The second-order valence-electron chi connectivity index (χ2n) is 5.57. The second-order valence-corrected chi connectivity index (χ2v) is 5.57. The van der Waals surface area contributed by atoms with Crippen molar-refractivity contribution in [1.82, 2.24) is 5.32 Å². The molecule has 3 heteroatoms. The van der Waals surface area contributed by atoms with Crippen LogP contribution in [0.1, 0.15) is 35.6 Å². The highest BCUT2D eigenvalue weighted by atomic mass is 16.2. The van der Waals surface area contributed by atoms with Gasteiger partial charge < -0.3 is 10.2 Å². The molecular formula is C16H24N2O. The van der Waals surface area contributed by atoms with E-state index >= 15 is 0 Å². The fourth-order valence-corrected chi connectivity index (χ4v) is 2.95. The van der Waals surface area contributed by atoms with E-state index in [1.54, 1.807) is 0 Å². The number of rotatable bonds is 3. The molecule has 0 aromatic heterocycles. The van der Waals surface area contributed by atoms with Gasteiger partial charge in [-0.05, 0) is 56.5 Å². The molecule has 0 aliphatic carbocycles. The van der Waals surface area contributed by atoms with Gasteiger partial charge >= 0.3 is 0 Å². The van der Waals surface area contributed by atoms with E-state index in [9.17, 15) is 4.79 Å². The minimum Gasteiger partial charge on any atom is -0.312 e. The zero-order valence-corrected chi connectivity index (χ0v) is 12.6. The van der Waals surface area contributed by atoms with Gasteiger partial charge in [-0.15, -0.1) is 0 Å². The van der Waals surface area contributed by atoms with Crippen molar-refractivity contribution in [3.8, 4) is 0 Å². The zero-order chi connectivity index (χ0) is 14.2. The Labute approximate surface area is 116 Å². The Bertz CT molecular complexity index is 482. The molecule has 1 aliphatic heterocycles. The molecule has 1 aromatic carbocycles. The molecule has 0 bridgehead atoms. The third-order valence-corrected chi connectivity index (χ3v) is 4.21. The number of anilines is 1. The maximum atomic E-state index is 12.3. The lowest BCUT2D eigenvalue weighted by molar-refractivity contribution is -0.117. The Kier molecular flexibility index (Phi) is 3.95. The second kappa shape index (κ2) is 5.33. The van der Waals surface area contributed by atoms with Crippen molar-refractivity contribution in [2.75, 3.05) is 18.0 Å².